The van der Waals surface area contributed by atoms with Gasteiger partial charge in [0.1, 0.15) is 11.5 Å². The van der Waals surface area contributed by atoms with Crippen molar-refractivity contribution in [3.05, 3.63) is 120 Å². The summed E-state index contributed by atoms with van der Waals surface area (Å²) in [7, 11) is 0. The van der Waals surface area contributed by atoms with E-state index < -0.39 is 12.6 Å². The van der Waals surface area contributed by atoms with Gasteiger partial charge in [0.2, 0.25) is 0 Å². The molecule has 2 aromatic heterocycles. The second-order valence-corrected chi connectivity index (χ2v) is 9.52. The minimum atomic E-state index is -0.811. The standard InChI is InChI=1S/C32H30N6O6/c1-21(35-37-29(39)25-5-3-15-33-19-25)23-7-11-27(12-8-23)43-31-32(42-18-17-41-31)44-28-13-9-24(10-14-28)22(2)36-38-30(40)26-6-4-16-34-20-26/h3-16,19-20,31-32H,17-18H2,1-2H3,(H,37,39)(H,38,40). The molecule has 0 radical (unpaired) electrons. The summed E-state index contributed by atoms with van der Waals surface area (Å²) in [5.41, 5.74) is 8.73. The number of aromatic nitrogens is 2. The van der Waals surface area contributed by atoms with E-state index in [0.29, 0.717) is 47.3 Å². The van der Waals surface area contributed by atoms with E-state index in [2.05, 4.69) is 31.0 Å². The van der Waals surface area contributed by atoms with Gasteiger partial charge in [0, 0.05) is 24.8 Å². The summed E-state index contributed by atoms with van der Waals surface area (Å²) in [4.78, 5) is 32.3. The van der Waals surface area contributed by atoms with Crippen molar-refractivity contribution in [1.82, 2.24) is 20.8 Å². The molecule has 5 rings (SSSR count). The van der Waals surface area contributed by atoms with Gasteiger partial charge in [-0.15, -0.1) is 0 Å². The molecule has 0 spiro atoms. The second kappa shape index (κ2) is 14.6. The number of ether oxygens (including phenoxy) is 4. The van der Waals surface area contributed by atoms with Crippen molar-refractivity contribution in [3.8, 4) is 11.5 Å². The Bertz CT molecular complexity index is 1490. The van der Waals surface area contributed by atoms with E-state index in [1.165, 1.54) is 12.4 Å². The molecule has 12 nitrogen and oxygen atoms in total. The lowest BCUT2D eigenvalue weighted by Gasteiger charge is -2.31. The molecule has 12 heteroatoms. The average molecular weight is 595 g/mol. The Morgan fingerprint density at radius 2 is 1.07 bits per heavy atom. The van der Waals surface area contributed by atoms with Crippen LogP contribution in [0.3, 0.4) is 0 Å². The monoisotopic (exact) mass is 594 g/mol. The number of carbonyl (C=O) groups is 2. The highest BCUT2D eigenvalue weighted by Crippen LogP contribution is 2.23. The minimum absolute atomic E-state index is 0.346. The highest BCUT2D eigenvalue weighted by atomic mass is 16.8. The first-order chi connectivity index (χ1) is 21.5. The maximum atomic E-state index is 12.2. The summed E-state index contributed by atoms with van der Waals surface area (Å²) in [5.74, 6) is 0.392. The van der Waals surface area contributed by atoms with E-state index >= 15 is 0 Å². The molecule has 2 amide bonds. The van der Waals surface area contributed by atoms with Crippen LogP contribution in [0.1, 0.15) is 45.7 Å². The van der Waals surface area contributed by atoms with Gasteiger partial charge in [0.05, 0.1) is 35.8 Å². The number of nitrogens with one attached hydrogen (secondary N) is 2. The molecule has 224 valence electrons. The molecule has 2 atom stereocenters. The van der Waals surface area contributed by atoms with Gasteiger partial charge in [-0.2, -0.15) is 10.2 Å². The third-order valence-electron chi connectivity index (χ3n) is 6.42. The van der Waals surface area contributed by atoms with Crippen LogP contribution < -0.4 is 20.3 Å². The van der Waals surface area contributed by atoms with Crippen LogP contribution in [0.15, 0.2) is 108 Å². The highest BCUT2D eigenvalue weighted by molar-refractivity contribution is 6.01. The quantitative estimate of drug-likeness (QED) is 0.207. The lowest BCUT2D eigenvalue weighted by molar-refractivity contribution is -0.271. The van der Waals surface area contributed by atoms with Crippen LogP contribution >= 0.6 is 0 Å². The Morgan fingerprint density at radius 1 is 0.659 bits per heavy atom. The summed E-state index contributed by atoms with van der Waals surface area (Å²) in [5, 5.41) is 8.36. The van der Waals surface area contributed by atoms with Crippen LogP contribution in [0.4, 0.5) is 0 Å². The normalized spacial score (nSPS) is 17.0. The van der Waals surface area contributed by atoms with Crippen molar-refractivity contribution >= 4 is 23.2 Å². The van der Waals surface area contributed by atoms with Crippen LogP contribution in [-0.2, 0) is 9.47 Å². The summed E-state index contributed by atoms with van der Waals surface area (Å²) >= 11 is 0. The minimum Gasteiger partial charge on any atom is -0.458 e. The fourth-order valence-electron chi connectivity index (χ4n) is 4.00. The fraction of sp³-hybridized carbons (Fsp3) is 0.188. The van der Waals surface area contributed by atoms with Crippen LogP contribution in [0, 0.1) is 0 Å². The second-order valence-electron chi connectivity index (χ2n) is 9.52. The lowest BCUT2D eigenvalue weighted by atomic mass is 10.1. The summed E-state index contributed by atoms with van der Waals surface area (Å²) in [6.45, 7) is 4.28. The molecule has 3 heterocycles. The van der Waals surface area contributed by atoms with Gasteiger partial charge in [-0.1, -0.05) is 0 Å². The molecule has 0 aliphatic carbocycles. The zero-order valence-electron chi connectivity index (χ0n) is 24.0. The van der Waals surface area contributed by atoms with Crippen molar-refractivity contribution in [2.24, 2.45) is 10.2 Å². The number of hydrogen-bond donors (Lipinski definition) is 2. The predicted octanol–water partition coefficient (Wildman–Crippen LogP) is 3.94. The van der Waals surface area contributed by atoms with Crippen molar-refractivity contribution < 1.29 is 28.5 Å². The van der Waals surface area contributed by atoms with Gasteiger partial charge in [0.25, 0.3) is 24.4 Å². The first kappa shape index (κ1) is 30.0. The number of carbonyl (C=O) groups excluding carboxylic acids is 2. The van der Waals surface area contributed by atoms with Crippen molar-refractivity contribution in [2.75, 3.05) is 13.2 Å². The molecule has 1 fully saturated rings. The van der Waals surface area contributed by atoms with Gasteiger partial charge in [-0.3, -0.25) is 19.6 Å². The van der Waals surface area contributed by atoms with Crippen LogP contribution in [-0.4, -0.2) is 59.0 Å². The molecule has 2 unspecified atom stereocenters. The third kappa shape index (κ3) is 8.09. The van der Waals surface area contributed by atoms with Gasteiger partial charge in [0.15, 0.2) is 0 Å². The van der Waals surface area contributed by atoms with Crippen LogP contribution in [0.25, 0.3) is 0 Å². The van der Waals surface area contributed by atoms with E-state index in [0.717, 1.165) is 11.1 Å². The zero-order chi connectivity index (χ0) is 30.7. The summed E-state index contributed by atoms with van der Waals surface area (Å²) in [6, 6.07) is 21.1. The predicted molar refractivity (Wildman–Crippen MR) is 161 cm³/mol. The Labute approximate surface area is 253 Å². The Hall–Kier alpha value is -5.46. The van der Waals surface area contributed by atoms with Crippen LogP contribution in [0.2, 0.25) is 0 Å². The maximum Gasteiger partial charge on any atom is 0.272 e. The molecule has 1 aliphatic heterocycles. The number of amides is 2. The van der Waals surface area contributed by atoms with Crippen LogP contribution in [0.5, 0.6) is 11.5 Å². The largest absolute Gasteiger partial charge is 0.458 e. The number of nitrogens with zero attached hydrogens (tertiary/aromatic N) is 4. The van der Waals surface area contributed by atoms with Crippen molar-refractivity contribution in [2.45, 2.75) is 26.4 Å². The van der Waals surface area contributed by atoms with E-state index in [4.69, 9.17) is 18.9 Å². The number of rotatable bonds is 10. The summed E-state index contributed by atoms with van der Waals surface area (Å²) in [6.07, 6.45) is 4.52. The molecule has 2 N–H and O–H groups in total. The van der Waals surface area contributed by atoms with Gasteiger partial charge in [-0.25, -0.2) is 10.9 Å². The summed E-state index contributed by atoms with van der Waals surface area (Å²) < 4.78 is 23.6. The topological polar surface area (TPSA) is 146 Å². The molecule has 44 heavy (non-hydrogen) atoms. The smallest absolute Gasteiger partial charge is 0.272 e. The lowest BCUT2D eigenvalue weighted by Crippen LogP contribution is -2.45. The molecular formula is C32H30N6O6. The first-order valence-electron chi connectivity index (χ1n) is 13.7. The zero-order valence-corrected chi connectivity index (χ0v) is 24.0. The maximum absolute atomic E-state index is 12.2. The van der Waals surface area contributed by atoms with E-state index in [-0.39, 0.29) is 11.8 Å². The van der Waals surface area contributed by atoms with Gasteiger partial charge in [-0.05, 0) is 97.8 Å². The Balaban J connectivity index is 1.15. The number of hydrogen-bond acceptors (Lipinski definition) is 10. The molecule has 1 aliphatic rings. The highest BCUT2D eigenvalue weighted by Gasteiger charge is 2.31. The number of benzene rings is 2. The van der Waals surface area contributed by atoms with Gasteiger partial charge < -0.3 is 18.9 Å². The van der Waals surface area contributed by atoms with Gasteiger partial charge >= 0.3 is 0 Å². The molecule has 0 bridgehead atoms. The SMILES string of the molecule is CC(=NNC(=O)c1cccnc1)c1ccc(OC2OCCOC2Oc2ccc(C(C)=NNC(=O)c3cccnc3)cc2)cc1. The van der Waals surface area contributed by atoms with E-state index in [1.54, 1.807) is 74.8 Å². The van der Waals surface area contributed by atoms with E-state index in [1.807, 2.05) is 24.3 Å². The van der Waals surface area contributed by atoms with Crippen molar-refractivity contribution in [1.29, 1.82) is 0 Å². The number of pyridine rings is 2. The Kier molecular flexibility index (Phi) is 9.98. The molecule has 4 aromatic rings. The van der Waals surface area contributed by atoms with E-state index in [9.17, 15) is 9.59 Å². The third-order valence-corrected chi connectivity index (χ3v) is 6.42. The molecular weight excluding hydrogens is 564 g/mol. The molecule has 0 saturated carbocycles. The number of hydrazone groups is 2. The Morgan fingerprint density at radius 3 is 1.43 bits per heavy atom. The molecule has 1 saturated heterocycles. The fourth-order valence-corrected chi connectivity index (χ4v) is 4.00. The average Bonchev–Trinajstić information content (AvgIpc) is 3.08. The first-order valence-corrected chi connectivity index (χ1v) is 13.7. The molecule has 2 aromatic carbocycles. The van der Waals surface area contributed by atoms with Crippen molar-refractivity contribution in [3.63, 3.8) is 0 Å².